The van der Waals surface area contributed by atoms with E-state index in [0.29, 0.717) is 11.7 Å². The summed E-state index contributed by atoms with van der Waals surface area (Å²) >= 11 is 0. The molecule has 0 radical (unpaired) electrons. The van der Waals surface area contributed by atoms with Crippen LogP contribution in [-0.2, 0) is 4.79 Å². The van der Waals surface area contributed by atoms with Gasteiger partial charge in [-0.2, -0.15) is 0 Å². The maximum atomic E-state index is 12.1. The lowest BCUT2D eigenvalue weighted by atomic mass is 9.81. The summed E-state index contributed by atoms with van der Waals surface area (Å²) in [5, 5.41) is 3.42. The Bertz CT molecular complexity index is 241. The highest BCUT2D eigenvalue weighted by Crippen LogP contribution is 2.39. The van der Waals surface area contributed by atoms with Gasteiger partial charge in [-0.15, -0.1) is 0 Å². The van der Waals surface area contributed by atoms with Crippen molar-refractivity contribution in [2.75, 3.05) is 6.54 Å². The van der Waals surface area contributed by atoms with Gasteiger partial charge in [-0.3, -0.25) is 4.79 Å². The third kappa shape index (κ3) is 1.60. The zero-order valence-corrected chi connectivity index (χ0v) is 9.47. The second-order valence-corrected chi connectivity index (χ2v) is 5.86. The van der Waals surface area contributed by atoms with Crippen molar-refractivity contribution in [3.63, 3.8) is 0 Å². The van der Waals surface area contributed by atoms with E-state index in [1.807, 2.05) is 20.8 Å². The predicted molar refractivity (Wildman–Crippen MR) is 57.1 cm³/mol. The van der Waals surface area contributed by atoms with Crippen LogP contribution in [0.25, 0.3) is 0 Å². The summed E-state index contributed by atoms with van der Waals surface area (Å²) in [6.07, 6.45) is 3.90. The molecule has 0 aromatic heterocycles. The van der Waals surface area contributed by atoms with Crippen molar-refractivity contribution in [1.82, 2.24) is 5.32 Å². The highest BCUT2D eigenvalue weighted by molar-refractivity contribution is 5.89. The monoisotopic (exact) mass is 195 g/mol. The fraction of sp³-hybridized carbons (Fsp3) is 0.917. The number of hydrogen-bond acceptors (Lipinski definition) is 2. The van der Waals surface area contributed by atoms with Gasteiger partial charge in [0, 0.05) is 5.41 Å². The molecule has 1 heterocycles. The molecule has 1 saturated carbocycles. The van der Waals surface area contributed by atoms with E-state index in [9.17, 15) is 4.79 Å². The summed E-state index contributed by atoms with van der Waals surface area (Å²) in [5.74, 6) is 1.83. The predicted octanol–water partition coefficient (Wildman–Crippen LogP) is 1.99. The molecule has 0 aromatic rings. The lowest BCUT2D eigenvalue weighted by Gasteiger charge is -2.25. The van der Waals surface area contributed by atoms with Gasteiger partial charge in [0.15, 0.2) is 5.78 Å². The summed E-state index contributed by atoms with van der Waals surface area (Å²) in [4.78, 5) is 12.1. The lowest BCUT2D eigenvalue weighted by Crippen LogP contribution is -2.42. The topological polar surface area (TPSA) is 29.1 Å². The summed E-state index contributed by atoms with van der Waals surface area (Å²) in [5.41, 5.74) is -0.185. The minimum absolute atomic E-state index is 0.155. The maximum absolute atomic E-state index is 12.1. The molecular weight excluding hydrogens is 174 g/mol. The highest BCUT2D eigenvalue weighted by Gasteiger charge is 2.44. The Morgan fingerprint density at radius 2 is 2.00 bits per heavy atom. The van der Waals surface area contributed by atoms with Crippen molar-refractivity contribution in [2.45, 2.75) is 46.1 Å². The first-order chi connectivity index (χ1) is 6.50. The third-order valence-corrected chi connectivity index (χ3v) is 3.77. The molecule has 0 amide bonds. The Kier molecular flexibility index (Phi) is 2.42. The second-order valence-electron chi connectivity index (χ2n) is 5.86. The number of rotatable bonds is 1. The summed E-state index contributed by atoms with van der Waals surface area (Å²) in [6.45, 7) is 7.15. The van der Waals surface area contributed by atoms with E-state index < -0.39 is 0 Å². The minimum Gasteiger partial charge on any atom is -0.307 e. The average molecular weight is 195 g/mol. The largest absolute Gasteiger partial charge is 0.307 e. The van der Waals surface area contributed by atoms with Crippen LogP contribution in [0.4, 0.5) is 0 Å². The first kappa shape index (κ1) is 10.2. The van der Waals surface area contributed by atoms with Gasteiger partial charge in [0.25, 0.3) is 0 Å². The Balaban J connectivity index is 2.09. The van der Waals surface area contributed by atoms with E-state index in [-0.39, 0.29) is 11.5 Å². The molecule has 1 saturated heterocycles. The van der Waals surface area contributed by atoms with E-state index in [2.05, 4.69) is 5.32 Å². The Morgan fingerprint density at radius 1 is 1.29 bits per heavy atom. The van der Waals surface area contributed by atoms with Gasteiger partial charge in [0.05, 0.1) is 6.04 Å². The number of carbonyl (C=O) groups is 1. The molecule has 2 aliphatic rings. The van der Waals surface area contributed by atoms with Crippen molar-refractivity contribution >= 4 is 5.78 Å². The normalized spacial score (nSPS) is 37.2. The van der Waals surface area contributed by atoms with Crippen LogP contribution in [0.15, 0.2) is 0 Å². The van der Waals surface area contributed by atoms with E-state index in [1.165, 1.54) is 19.3 Å². The van der Waals surface area contributed by atoms with Crippen molar-refractivity contribution < 1.29 is 4.79 Å². The van der Waals surface area contributed by atoms with Crippen LogP contribution >= 0.6 is 0 Å². The van der Waals surface area contributed by atoms with Crippen LogP contribution in [0.1, 0.15) is 40.0 Å². The summed E-state index contributed by atoms with van der Waals surface area (Å²) in [6, 6.07) is 0.155. The Morgan fingerprint density at radius 3 is 2.64 bits per heavy atom. The van der Waals surface area contributed by atoms with Gasteiger partial charge < -0.3 is 5.32 Å². The van der Waals surface area contributed by atoms with Crippen molar-refractivity contribution in [2.24, 2.45) is 17.3 Å². The van der Waals surface area contributed by atoms with Gasteiger partial charge in [-0.25, -0.2) is 0 Å². The number of Topliss-reactive ketones (excluding diaryl/α,β-unsaturated/α-hetero) is 1. The maximum Gasteiger partial charge on any atom is 0.155 e. The van der Waals surface area contributed by atoms with Gasteiger partial charge in [-0.05, 0) is 31.2 Å². The number of ketones is 1. The van der Waals surface area contributed by atoms with Gasteiger partial charge in [0.2, 0.25) is 0 Å². The second kappa shape index (κ2) is 3.34. The number of nitrogens with one attached hydrogen (secondary N) is 1. The zero-order valence-electron chi connectivity index (χ0n) is 9.47. The van der Waals surface area contributed by atoms with Crippen LogP contribution < -0.4 is 5.32 Å². The molecule has 3 atom stereocenters. The molecule has 14 heavy (non-hydrogen) atoms. The van der Waals surface area contributed by atoms with E-state index in [4.69, 9.17) is 0 Å². The summed E-state index contributed by atoms with van der Waals surface area (Å²) in [7, 11) is 0. The molecule has 2 rings (SSSR count). The van der Waals surface area contributed by atoms with Crippen LogP contribution in [0.3, 0.4) is 0 Å². The van der Waals surface area contributed by atoms with E-state index in [1.54, 1.807) is 0 Å². The van der Waals surface area contributed by atoms with E-state index >= 15 is 0 Å². The van der Waals surface area contributed by atoms with E-state index in [0.717, 1.165) is 12.5 Å². The first-order valence-electron chi connectivity index (χ1n) is 5.78. The molecule has 0 spiro atoms. The van der Waals surface area contributed by atoms with Crippen LogP contribution in [0, 0.1) is 17.3 Å². The van der Waals surface area contributed by atoms with Gasteiger partial charge >= 0.3 is 0 Å². The lowest BCUT2D eigenvalue weighted by molar-refractivity contribution is -0.129. The van der Waals surface area contributed by atoms with Crippen LogP contribution in [0.2, 0.25) is 0 Å². The average Bonchev–Trinajstić information content (AvgIpc) is 2.59. The molecule has 1 aliphatic heterocycles. The first-order valence-corrected chi connectivity index (χ1v) is 5.78. The standard InChI is InChI=1S/C12H21NO/c1-12(2,3)11(14)10-9-6-4-5-8(9)7-13-10/h8-10,13H,4-7H2,1-3H3. The smallest absolute Gasteiger partial charge is 0.155 e. The van der Waals surface area contributed by atoms with Crippen LogP contribution in [0.5, 0.6) is 0 Å². The molecule has 2 fully saturated rings. The molecule has 0 aromatic carbocycles. The minimum atomic E-state index is -0.185. The SMILES string of the molecule is CC(C)(C)C(=O)C1NCC2CCCC21. The van der Waals surface area contributed by atoms with Gasteiger partial charge in [-0.1, -0.05) is 27.2 Å². The fourth-order valence-corrected chi connectivity index (χ4v) is 2.94. The number of carbonyl (C=O) groups excluding carboxylic acids is 1. The number of hydrogen-bond donors (Lipinski definition) is 1. The Hall–Kier alpha value is -0.370. The van der Waals surface area contributed by atoms with Crippen molar-refractivity contribution in [3.05, 3.63) is 0 Å². The quantitative estimate of drug-likeness (QED) is 0.693. The molecule has 2 heteroatoms. The van der Waals surface area contributed by atoms with Crippen molar-refractivity contribution in [3.8, 4) is 0 Å². The molecule has 1 aliphatic carbocycles. The third-order valence-electron chi connectivity index (χ3n) is 3.77. The summed E-state index contributed by atoms with van der Waals surface area (Å²) < 4.78 is 0. The molecule has 3 unspecified atom stereocenters. The molecule has 1 N–H and O–H groups in total. The van der Waals surface area contributed by atoms with Crippen LogP contribution in [-0.4, -0.2) is 18.4 Å². The highest BCUT2D eigenvalue weighted by atomic mass is 16.1. The number of fused-ring (bicyclic) bond motifs is 1. The van der Waals surface area contributed by atoms with Crippen molar-refractivity contribution in [1.29, 1.82) is 0 Å². The fourth-order valence-electron chi connectivity index (χ4n) is 2.94. The zero-order chi connectivity index (χ0) is 10.3. The Labute approximate surface area is 86.5 Å². The van der Waals surface area contributed by atoms with Gasteiger partial charge in [0.1, 0.15) is 0 Å². The molecule has 2 nitrogen and oxygen atoms in total. The molecule has 80 valence electrons. The molecule has 0 bridgehead atoms. The molecular formula is C12H21NO.